The van der Waals surface area contributed by atoms with Crippen molar-refractivity contribution >= 4 is 4.09 Å². The van der Waals surface area contributed by atoms with Crippen LogP contribution >= 0.6 is 0 Å². The molecule has 0 saturated heterocycles. The van der Waals surface area contributed by atoms with E-state index in [1.165, 1.54) is 94.6 Å². The fourth-order valence-corrected chi connectivity index (χ4v) is 6.48. The number of unbranched alkanes of at least 4 members (excludes halogenated alkanes) is 12. The Kier molecular flexibility index (Phi) is 16.4. The van der Waals surface area contributed by atoms with Crippen LogP contribution in [0.25, 0.3) is 0 Å². The molecule has 0 aliphatic heterocycles. The molecule has 0 rings (SSSR count). The average molecular weight is 386 g/mol. The second kappa shape index (κ2) is 16.3. The minimum absolute atomic E-state index is 0.375. The molecule has 1 nitrogen and oxygen atoms in total. The molecule has 0 N–H and O–H groups in total. The SMILES string of the molecule is C=C[C](=O)[Ti]([CH3])([CH3])[CH2]CCCCCCCCCCCCCCC(C)C. The number of carbonyl (C=O) groups is 1. The van der Waals surface area contributed by atoms with Gasteiger partial charge < -0.3 is 0 Å². The van der Waals surface area contributed by atoms with Gasteiger partial charge in [0.15, 0.2) is 0 Å². The van der Waals surface area contributed by atoms with E-state index >= 15 is 0 Å². The van der Waals surface area contributed by atoms with Crippen LogP contribution in [0.1, 0.15) is 104 Å². The molecule has 0 aliphatic carbocycles. The van der Waals surface area contributed by atoms with Crippen LogP contribution in [0.15, 0.2) is 12.7 Å². The summed E-state index contributed by atoms with van der Waals surface area (Å²) in [7, 11) is 0. The fraction of sp³-hybridized carbons (Fsp3) is 0.870. The summed E-state index contributed by atoms with van der Waals surface area (Å²) in [5.41, 5.74) is 0. The summed E-state index contributed by atoms with van der Waals surface area (Å²) < 4.78 is 1.56. The maximum absolute atomic E-state index is 11.8. The van der Waals surface area contributed by atoms with Crippen LogP contribution in [0.4, 0.5) is 0 Å². The zero-order chi connectivity index (χ0) is 19.0. The summed E-state index contributed by atoms with van der Waals surface area (Å²) >= 11 is -2.18. The van der Waals surface area contributed by atoms with Crippen LogP contribution < -0.4 is 0 Å². The van der Waals surface area contributed by atoms with E-state index in [0.29, 0.717) is 4.09 Å². The van der Waals surface area contributed by atoms with Crippen LogP contribution in [0, 0.1) is 5.92 Å². The Balaban J connectivity index is 3.24. The van der Waals surface area contributed by atoms with Crippen LogP contribution in [0.2, 0.25) is 15.2 Å². The molecule has 0 unspecified atom stereocenters. The van der Waals surface area contributed by atoms with Crippen molar-refractivity contribution in [2.75, 3.05) is 0 Å². The Morgan fingerprint density at radius 1 is 0.760 bits per heavy atom. The molecule has 0 spiro atoms. The molecule has 0 aromatic carbocycles. The van der Waals surface area contributed by atoms with E-state index in [1.54, 1.807) is 6.08 Å². The number of allylic oxidation sites excluding steroid dienone is 1. The molecular formula is C23H46OTi. The predicted molar refractivity (Wildman–Crippen MR) is 111 cm³/mol. The minimum Gasteiger partial charge on any atom is -0.0628 e. The number of rotatable bonds is 18. The fourth-order valence-electron chi connectivity index (χ4n) is 3.46. The smallest absolute Gasteiger partial charge is 0.0628 e. The summed E-state index contributed by atoms with van der Waals surface area (Å²) in [5, 5.41) is 4.46. The molecule has 0 atom stereocenters. The van der Waals surface area contributed by atoms with E-state index in [1.807, 2.05) is 0 Å². The summed E-state index contributed by atoms with van der Waals surface area (Å²) in [6, 6.07) is 0. The zero-order valence-corrected chi connectivity index (χ0v) is 19.4. The van der Waals surface area contributed by atoms with E-state index in [2.05, 4.69) is 30.9 Å². The third-order valence-corrected chi connectivity index (χ3v) is 10.3. The topological polar surface area (TPSA) is 17.1 Å². The van der Waals surface area contributed by atoms with Crippen molar-refractivity contribution in [2.45, 2.75) is 119 Å². The summed E-state index contributed by atoms with van der Waals surface area (Å²) in [6.45, 7) is 8.30. The molecule has 0 bridgehead atoms. The minimum atomic E-state index is -2.18. The predicted octanol–water partition coefficient (Wildman–Crippen LogP) is 8.48. The molecule has 2 heteroatoms. The quantitative estimate of drug-likeness (QED) is 0.131. The van der Waals surface area contributed by atoms with E-state index in [4.69, 9.17) is 0 Å². The second-order valence-electron chi connectivity index (χ2n) is 8.98. The van der Waals surface area contributed by atoms with Crippen LogP contribution in [0.3, 0.4) is 0 Å². The Labute approximate surface area is 162 Å². The molecule has 0 radical (unpaired) electrons. The molecular weight excluding hydrogens is 340 g/mol. The monoisotopic (exact) mass is 386 g/mol. The van der Waals surface area contributed by atoms with Gasteiger partial charge in [-0.05, 0) is 5.92 Å². The second-order valence-corrected chi connectivity index (χ2v) is 16.4. The molecule has 25 heavy (non-hydrogen) atoms. The number of carbonyl (C=O) groups excluding carboxylic acids is 1. The Morgan fingerprint density at radius 2 is 1.12 bits per heavy atom. The third-order valence-electron chi connectivity index (χ3n) is 5.44. The van der Waals surface area contributed by atoms with Crippen molar-refractivity contribution in [3.63, 3.8) is 0 Å². The van der Waals surface area contributed by atoms with Gasteiger partial charge in [0, 0.05) is 0 Å². The summed E-state index contributed by atoms with van der Waals surface area (Å²) in [6.07, 6.45) is 21.2. The molecule has 0 heterocycles. The molecule has 0 aromatic heterocycles. The molecule has 0 saturated carbocycles. The Morgan fingerprint density at radius 3 is 1.48 bits per heavy atom. The normalized spacial score (nSPS) is 11.9. The van der Waals surface area contributed by atoms with E-state index in [0.717, 1.165) is 5.92 Å². The van der Waals surface area contributed by atoms with Gasteiger partial charge in [-0.3, -0.25) is 0 Å². The van der Waals surface area contributed by atoms with Crippen molar-refractivity contribution < 1.29 is 21.4 Å². The van der Waals surface area contributed by atoms with Crippen LogP contribution in [0.5, 0.6) is 0 Å². The van der Waals surface area contributed by atoms with Gasteiger partial charge in [0.2, 0.25) is 0 Å². The van der Waals surface area contributed by atoms with Crippen molar-refractivity contribution in [2.24, 2.45) is 5.92 Å². The van der Waals surface area contributed by atoms with Crippen molar-refractivity contribution in [1.29, 1.82) is 0 Å². The van der Waals surface area contributed by atoms with Gasteiger partial charge in [-0.2, -0.15) is 0 Å². The van der Waals surface area contributed by atoms with Gasteiger partial charge in [0.05, 0.1) is 0 Å². The first-order valence-corrected chi connectivity index (χ1v) is 16.1. The van der Waals surface area contributed by atoms with Crippen LogP contribution in [-0.4, -0.2) is 4.09 Å². The van der Waals surface area contributed by atoms with Gasteiger partial charge in [-0.25, -0.2) is 0 Å². The summed E-state index contributed by atoms with van der Waals surface area (Å²) in [5.74, 6) is 0.879. The van der Waals surface area contributed by atoms with Gasteiger partial charge in [-0.15, -0.1) is 0 Å². The third kappa shape index (κ3) is 16.1. The average Bonchev–Trinajstić information content (AvgIpc) is 2.57. The van der Waals surface area contributed by atoms with Gasteiger partial charge in [-0.1, -0.05) is 33.1 Å². The van der Waals surface area contributed by atoms with Crippen LogP contribution in [-0.2, 0) is 21.4 Å². The van der Waals surface area contributed by atoms with Gasteiger partial charge in [0.25, 0.3) is 0 Å². The standard InChI is InChI=1S/C18H37.C3H3O.2CH3.Ti/c1-4-5-6-7-8-9-10-11-12-13-14-15-16-17-18(2)3;1-2-3-4;;;/h18H,1,4-17H2,2-3H3;2H,1H2;2*1H3;. The van der Waals surface area contributed by atoms with Gasteiger partial charge >= 0.3 is 124 Å². The first-order valence-electron chi connectivity index (χ1n) is 11.1. The van der Waals surface area contributed by atoms with Crippen molar-refractivity contribution in [3.05, 3.63) is 12.7 Å². The molecule has 0 aromatic rings. The van der Waals surface area contributed by atoms with Crippen molar-refractivity contribution in [3.8, 4) is 0 Å². The number of hydrogen-bond donors (Lipinski definition) is 0. The maximum atomic E-state index is 11.8. The molecule has 0 fully saturated rings. The van der Waals surface area contributed by atoms with Crippen molar-refractivity contribution in [1.82, 2.24) is 0 Å². The first-order chi connectivity index (χ1) is 11.9. The number of hydrogen-bond acceptors (Lipinski definition) is 1. The van der Waals surface area contributed by atoms with E-state index in [-0.39, 0.29) is 0 Å². The Bertz CT molecular complexity index is 333. The molecule has 0 aliphatic rings. The molecule has 0 amide bonds. The van der Waals surface area contributed by atoms with Gasteiger partial charge in [0.1, 0.15) is 0 Å². The first kappa shape index (κ1) is 25.1. The van der Waals surface area contributed by atoms with E-state index < -0.39 is 16.6 Å². The van der Waals surface area contributed by atoms with E-state index in [9.17, 15) is 4.79 Å². The zero-order valence-electron chi connectivity index (χ0n) is 17.9. The summed E-state index contributed by atoms with van der Waals surface area (Å²) in [4.78, 5) is 11.8. The molecule has 148 valence electrons. The Hall–Kier alpha value is 0.124.